The van der Waals surface area contributed by atoms with E-state index in [0.717, 1.165) is 8.95 Å². The van der Waals surface area contributed by atoms with Crippen LogP contribution in [-0.2, 0) is 23.8 Å². The van der Waals surface area contributed by atoms with Gasteiger partial charge in [-0.25, -0.2) is 19.6 Å². The fourth-order valence-corrected chi connectivity index (χ4v) is 3.65. The maximum Gasteiger partial charge on any atom is 0.407 e. The van der Waals surface area contributed by atoms with Gasteiger partial charge in [0.25, 0.3) is 0 Å². The van der Waals surface area contributed by atoms with Crippen LogP contribution in [0, 0.1) is 0 Å². The van der Waals surface area contributed by atoms with E-state index in [1.54, 1.807) is 66.1 Å². The van der Waals surface area contributed by atoms with Gasteiger partial charge in [-0.15, -0.1) is 0 Å². The van der Waals surface area contributed by atoms with E-state index >= 15 is 0 Å². The summed E-state index contributed by atoms with van der Waals surface area (Å²) in [5.41, 5.74) is 11.4. The summed E-state index contributed by atoms with van der Waals surface area (Å²) >= 11 is 6.51. The van der Waals surface area contributed by atoms with Gasteiger partial charge in [0.2, 0.25) is 0 Å². The van der Waals surface area contributed by atoms with Gasteiger partial charge in [0.1, 0.15) is 29.4 Å². The Balaban J connectivity index is 0.000000776. The predicted octanol–water partition coefficient (Wildman–Crippen LogP) is 4.11. The van der Waals surface area contributed by atoms with Crippen LogP contribution in [-0.4, -0.2) is 94.9 Å². The van der Waals surface area contributed by atoms with E-state index < -0.39 is 35.3 Å². The number of carboxylic acid groups (broad SMARTS) is 1. The number of hydrogen-bond acceptors (Lipinski definition) is 14. The van der Waals surface area contributed by atoms with Crippen LogP contribution in [0.2, 0.25) is 0 Å². The molecule has 0 radical (unpaired) electrons. The Morgan fingerprint density at radius 2 is 1.18 bits per heavy atom. The minimum Gasteiger partial charge on any atom is -0.481 e. The number of carbonyl (C=O) groups is 4. The highest BCUT2D eigenvalue weighted by Gasteiger charge is 2.17. The maximum absolute atomic E-state index is 11.5. The standard InChI is InChI=1S/C15H23BrN4O4.C8H15NO4.C7H10BrN3O/c1-15(2,3)24-14(22)19-5-4-12(21)23-7-6-18-13-11(17)8-10(16)9-20-13;1-8(2,3)13-7(12)9-5-4-6(10)11;8-5-3-6(9)7(11-4-5)10-1-2-12/h8-9H,4-7,17H2,1-3H3,(H,18,20)(H,19,22);4-5H2,1-3H3,(H,9,12)(H,10,11);3-4,12H,1-2,9H2,(H,10,11). The third-order valence-corrected chi connectivity index (χ3v) is 5.70. The van der Waals surface area contributed by atoms with E-state index in [2.05, 4.69) is 63.1 Å². The Bertz CT molecular complexity index is 1340. The second-order valence-electron chi connectivity index (χ2n) is 11.7. The number of carboxylic acids is 1. The predicted molar refractivity (Wildman–Crippen MR) is 193 cm³/mol. The van der Waals surface area contributed by atoms with Crippen LogP contribution in [0.1, 0.15) is 54.4 Å². The van der Waals surface area contributed by atoms with Gasteiger partial charge in [-0.05, 0) is 85.5 Å². The van der Waals surface area contributed by atoms with E-state index in [1.807, 2.05) is 0 Å². The Labute approximate surface area is 302 Å². The zero-order chi connectivity index (χ0) is 37.6. The molecule has 0 unspecified atom stereocenters. The molecule has 0 saturated heterocycles. The normalized spacial score (nSPS) is 10.6. The molecule has 0 fully saturated rings. The number of ether oxygens (including phenoxy) is 3. The molecule has 49 heavy (non-hydrogen) atoms. The lowest BCUT2D eigenvalue weighted by molar-refractivity contribution is -0.143. The molecule has 0 aliphatic rings. The summed E-state index contributed by atoms with van der Waals surface area (Å²) in [7, 11) is 0. The molecule has 2 rings (SSSR count). The Morgan fingerprint density at radius 1 is 0.755 bits per heavy atom. The van der Waals surface area contributed by atoms with E-state index in [4.69, 9.17) is 35.9 Å². The van der Waals surface area contributed by atoms with Crippen LogP contribution < -0.4 is 32.7 Å². The first-order chi connectivity index (χ1) is 22.7. The lowest BCUT2D eigenvalue weighted by Crippen LogP contribution is -2.33. The van der Waals surface area contributed by atoms with Crippen molar-refractivity contribution in [3.05, 3.63) is 33.5 Å². The van der Waals surface area contributed by atoms with Crippen molar-refractivity contribution in [1.82, 2.24) is 20.6 Å². The third-order valence-electron chi connectivity index (χ3n) is 4.83. The Hall–Kier alpha value is -4.10. The van der Waals surface area contributed by atoms with Crippen LogP contribution in [0.5, 0.6) is 0 Å². The number of aromatic nitrogens is 2. The number of alkyl carbamates (subject to hydrolysis) is 2. The molecule has 10 N–H and O–H groups in total. The van der Waals surface area contributed by atoms with Crippen molar-refractivity contribution < 1.29 is 43.6 Å². The van der Waals surface area contributed by atoms with Gasteiger partial charge >= 0.3 is 24.1 Å². The number of aliphatic hydroxyl groups excluding tert-OH is 1. The number of nitrogens with two attached hydrogens (primary N) is 2. The van der Waals surface area contributed by atoms with Gasteiger partial charge in [0.15, 0.2) is 0 Å². The summed E-state index contributed by atoms with van der Waals surface area (Å²) in [5, 5.41) is 27.5. The molecular weight excluding hydrogens is 776 g/mol. The number of aliphatic hydroxyl groups is 1. The molecule has 0 spiro atoms. The molecular formula is C30H48Br2N8O9. The fraction of sp³-hybridized carbons (Fsp3) is 0.533. The fourth-order valence-electron chi connectivity index (χ4n) is 2.95. The molecule has 2 amide bonds. The van der Waals surface area contributed by atoms with Crippen molar-refractivity contribution in [3.8, 4) is 0 Å². The quantitative estimate of drug-likeness (QED) is 0.0803. The molecule has 17 nitrogen and oxygen atoms in total. The third kappa shape index (κ3) is 25.6. The topological polar surface area (TPSA) is 262 Å². The second kappa shape index (κ2) is 23.3. The Morgan fingerprint density at radius 3 is 1.57 bits per heavy atom. The first-order valence-corrected chi connectivity index (χ1v) is 16.5. The molecule has 276 valence electrons. The highest BCUT2D eigenvalue weighted by atomic mass is 79.9. The SMILES string of the molecule is CC(C)(C)OC(=O)NCCC(=O)O.CC(C)(C)OC(=O)NCCC(=O)OCCNc1ncc(Br)cc1N.Nc1cc(Br)cnc1NCCO. The molecule has 2 aromatic heterocycles. The van der Waals surface area contributed by atoms with Crippen molar-refractivity contribution in [1.29, 1.82) is 0 Å². The zero-order valence-electron chi connectivity index (χ0n) is 28.5. The first-order valence-electron chi connectivity index (χ1n) is 14.9. The van der Waals surface area contributed by atoms with E-state index in [-0.39, 0.29) is 39.1 Å². The highest BCUT2D eigenvalue weighted by Crippen LogP contribution is 2.20. The minimum absolute atomic E-state index is 0.0667. The smallest absolute Gasteiger partial charge is 0.407 e. The highest BCUT2D eigenvalue weighted by molar-refractivity contribution is 9.10. The number of esters is 1. The van der Waals surface area contributed by atoms with Crippen molar-refractivity contribution >= 4 is 79.0 Å². The van der Waals surface area contributed by atoms with Crippen LogP contribution in [0.15, 0.2) is 33.5 Å². The molecule has 19 heteroatoms. The molecule has 0 aliphatic heterocycles. The summed E-state index contributed by atoms with van der Waals surface area (Å²) in [6.07, 6.45) is 2.09. The number of nitrogens with one attached hydrogen (secondary N) is 4. The number of anilines is 4. The van der Waals surface area contributed by atoms with Gasteiger partial charge < -0.3 is 57.2 Å². The number of nitrogens with zero attached hydrogens (tertiary/aromatic N) is 2. The van der Waals surface area contributed by atoms with Gasteiger partial charge in [0, 0.05) is 41.0 Å². The lowest BCUT2D eigenvalue weighted by atomic mass is 10.2. The largest absolute Gasteiger partial charge is 0.481 e. The maximum atomic E-state index is 11.5. The van der Waals surface area contributed by atoms with Gasteiger partial charge in [-0.2, -0.15) is 0 Å². The van der Waals surface area contributed by atoms with Crippen LogP contribution in [0.3, 0.4) is 0 Å². The Kier molecular flexibility index (Phi) is 21.3. The summed E-state index contributed by atoms with van der Waals surface area (Å²) < 4.78 is 16.6. The van der Waals surface area contributed by atoms with Gasteiger partial charge in [0.05, 0.1) is 37.4 Å². The van der Waals surface area contributed by atoms with E-state index in [0.29, 0.717) is 36.1 Å². The number of hydrogen-bond donors (Lipinski definition) is 8. The van der Waals surface area contributed by atoms with Crippen LogP contribution in [0.4, 0.5) is 32.6 Å². The second-order valence-corrected chi connectivity index (χ2v) is 13.6. The number of pyridine rings is 2. The van der Waals surface area contributed by atoms with Gasteiger partial charge in [-0.1, -0.05) is 0 Å². The van der Waals surface area contributed by atoms with E-state index in [9.17, 15) is 19.2 Å². The van der Waals surface area contributed by atoms with Crippen molar-refractivity contribution in [3.63, 3.8) is 0 Å². The molecule has 2 heterocycles. The van der Waals surface area contributed by atoms with Crippen LogP contribution >= 0.6 is 31.9 Å². The number of rotatable bonds is 13. The van der Waals surface area contributed by atoms with Crippen molar-refractivity contribution in [2.75, 3.05) is 61.5 Å². The molecule has 2 aromatic rings. The van der Waals surface area contributed by atoms with E-state index in [1.165, 1.54) is 0 Å². The number of amides is 2. The number of nitrogen functional groups attached to an aromatic ring is 2. The summed E-state index contributed by atoms with van der Waals surface area (Å²) in [4.78, 5) is 52.1. The molecule has 0 aliphatic carbocycles. The summed E-state index contributed by atoms with van der Waals surface area (Å²) in [5.74, 6) is -0.228. The molecule has 0 aromatic carbocycles. The average Bonchev–Trinajstić information content (AvgIpc) is 2.94. The van der Waals surface area contributed by atoms with Crippen molar-refractivity contribution in [2.24, 2.45) is 0 Å². The monoisotopic (exact) mass is 822 g/mol. The molecule has 0 bridgehead atoms. The van der Waals surface area contributed by atoms with Crippen LogP contribution in [0.25, 0.3) is 0 Å². The summed E-state index contributed by atoms with van der Waals surface area (Å²) in [6, 6.07) is 3.48. The summed E-state index contributed by atoms with van der Waals surface area (Å²) in [6.45, 7) is 11.8. The minimum atomic E-state index is -0.948. The number of carbonyl (C=O) groups excluding carboxylic acids is 3. The molecule has 0 saturated carbocycles. The average molecular weight is 825 g/mol. The van der Waals surface area contributed by atoms with Crippen molar-refractivity contribution in [2.45, 2.75) is 65.6 Å². The number of halogens is 2. The molecule has 0 atom stereocenters. The zero-order valence-corrected chi connectivity index (χ0v) is 31.7. The lowest BCUT2D eigenvalue weighted by Gasteiger charge is -2.19. The first kappa shape index (κ1) is 44.9. The number of aliphatic carboxylic acids is 1. The van der Waals surface area contributed by atoms with Gasteiger partial charge in [-0.3, -0.25) is 9.59 Å².